The molecule has 1 aliphatic heterocycles. The van der Waals surface area contributed by atoms with Crippen molar-refractivity contribution in [2.45, 2.75) is 65.2 Å². The van der Waals surface area contributed by atoms with E-state index in [0.29, 0.717) is 0 Å². The summed E-state index contributed by atoms with van der Waals surface area (Å²) >= 11 is 0. The second kappa shape index (κ2) is 13.8. The monoisotopic (exact) mass is 372 g/mol. The molecule has 0 unspecified atom stereocenters. The molecule has 1 aromatic carbocycles. The zero-order valence-corrected chi connectivity index (χ0v) is 17.7. The van der Waals surface area contributed by atoms with Crippen molar-refractivity contribution in [3.63, 3.8) is 0 Å². The molecule has 0 spiro atoms. The zero-order chi connectivity index (χ0) is 19.2. The van der Waals surface area contributed by atoms with Crippen LogP contribution >= 0.6 is 0 Å². The van der Waals surface area contributed by atoms with Crippen LogP contribution in [0.5, 0.6) is 5.75 Å². The molecule has 1 aliphatic rings. The van der Waals surface area contributed by atoms with E-state index in [0.717, 1.165) is 31.0 Å². The van der Waals surface area contributed by atoms with Crippen LogP contribution < -0.4 is 4.74 Å². The Morgan fingerprint density at radius 3 is 2.15 bits per heavy atom. The SMILES string of the molecule is CCCCCN(CCCCC)CCCN1CC=C(Oc2ccccc2)CC1. The van der Waals surface area contributed by atoms with Crippen molar-refractivity contribution in [2.75, 3.05) is 39.3 Å². The van der Waals surface area contributed by atoms with E-state index in [4.69, 9.17) is 4.74 Å². The Balaban J connectivity index is 1.65. The van der Waals surface area contributed by atoms with Crippen molar-refractivity contribution >= 4 is 0 Å². The summed E-state index contributed by atoms with van der Waals surface area (Å²) in [6, 6.07) is 10.1. The van der Waals surface area contributed by atoms with Gasteiger partial charge in [-0.2, -0.15) is 0 Å². The lowest BCUT2D eigenvalue weighted by atomic mass is 10.2. The molecule has 0 atom stereocenters. The minimum atomic E-state index is 0.951. The van der Waals surface area contributed by atoms with Crippen molar-refractivity contribution in [1.29, 1.82) is 0 Å². The van der Waals surface area contributed by atoms with E-state index in [1.165, 1.54) is 71.1 Å². The average Bonchev–Trinajstić information content (AvgIpc) is 2.70. The highest BCUT2D eigenvalue weighted by Crippen LogP contribution is 2.18. The molecule has 0 bridgehead atoms. The van der Waals surface area contributed by atoms with Gasteiger partial charge < -0.3 is 9.64 Å². The van der Waals surface area contributed by atoms with E-state index in [1.807, 2.05) is 30.3 Å². The van der Waals surface area contributed by atoms with Gasteiger partial charge in [-0.1, -0.05) is 57.7 Å². The number of nitrogens with zero attached hydrogens (tertiary/aromatic N) is 2. The largest absolute Gasteiger partial charge is 0.462 e. The van der Waals surface area contributed by atoms with Gasteiger partial charge in [-0.05, 0) is 63.7 Å². The maximum Gasteiger partial charge on any atom is 0.126 e. The average molecular weight is 373 g/mol. The number of benzene rings is 1. The molecule has 0 amide bonds. The van der Waals surface area contributed by atoms with Gasteiger partial charge in [0.15, 0.2) is 0 Å². The molecule has 0 saturated carbocycles. The molecule has 0 aromatic heterocycles. The second-order valence-electron chi connectivity index (χ2n) is 7.75. The molecule has 152 valence electrons. The van der Waals surface area contributed by atoms with Gasteiger partial charge in [0.05, 0.1) is 0 Å². The summed E-state index contributed by atoms with van der Waals surface area (Å²) in [6.07, 6.45) is 12.6. The van der Waals surface area contributed by atoms with Gasteiger partial charge in [0.2, 0.25) is 0 Å². The first-order chi connectivity index (χ1) is 13.3. The molecule has 0 N–H and O–H groups in total. The van der Waals surface area contributed by atoms with Gasteiger partial charge in [0.1, 0.15) is 11.5 Å². The first-order valence-corrected chi connectivity index (χ1v) is 11.2. The van der Waals surface area contributed by atoms with Crippen LogP contribution in [-0.4, -0.2) is 49.1 Å². The van der Waals surface area contributed by atoms with Gasteiger partial charge in [-0.3, -0.25) is 4.90 Å². The Kier molecular flexibility index (Phi) is 11.2. The highest BCUT2D eigenvalue weighted by molar-refractivity contribution is 5.23. The molecule has 2 rings (SSSR count). The standard InChI is InChI=1S/C24H40N2O/c1-3-5-10-17-25(18-11-6-4-2)19-12-20-26-21-15-24(16-22-26)27-23-13-8-7-9-14-23/h7-9,13-15H,3-6,10-12,16-22H2,1-2H3. The van der Waals surface area contributed by atoms with Crippen LogP contribution in [0.2, 0.25) is 0 Å². The first-order valence-electron chi connectivity index (χ1n) is 11.2. The van der Waals surface area contributed by atoms with Crippen LogP contribution in [0.15, 0.2) is 42.2 Å². The van der Waals surface area contributed by atoms with Crippen LogP contribution in [0.4, 0.5) is 0 Å². The predicted octanol–water partition coefficient (Wildman–Crippen LogP) is 5.73. The summed E-state index contributed by atoms with van der Waals surface area (Å²) < 4.78 is 5.98. The number of para-hydroxylation sites is 1. The molecule has 1 heterocycles. The molecule has 0 aliphatic carbocycles. The second-order valence-corrected chi connectivity index (χ2v) is 7.75. The van der Waals surface area contributed by atoms with Gasteiger partial charge >= 0.3 is 0 Å². The number of ether oxygens (including phenoxy) is 1. The van der Waals surface area contributed by atoms with E-state index in [9.17, 15) is 0 Å². The van der Waals surface area contributed by atoms with Crippen LogP contribution in [0.1, 0.15) is 65.2 Å². The van der Waals surface area contributed by atoms with E-state index in [1.54, 1.807) is 0 Å². The van der Waals surface area contributed by atoms with Gasteiger partial charge in [-0.25, -0.2) is 0 Å². The van der Waals surface area contributed by atoms with Crippen LogP contribution in [0.25, 0.3) is 0 Å². The number of hydrogen-bond acceptors (Lipinski definition) is 3. The lowest BCUT2D eigenvalue weighted by Crippen LogP contribution is -2.34. The molecule has 0 radical (unpaired) electrons. The fraction of sp³-hybridized carbons (Fsp3) is 0.667. The van der Waals surface area contributed by atoms with Crippen LogP contribution in [0.3, 0.4) is 0 Å². The summed E-state index contributed by atoms with van der Waals surface area (Å²) in [7, 11) is 0. The van der Waals surface area contributed by atoms with Gasteiger partial charge in [0.25, 0.3) is 0 Å². The van der Waals surface area contributed by atoms with Crippen LogP contribution in [-0.2, 0) is 0 Å². The maximum absolute atomic E-state index is 5.98. The summed E-state index contributed by atoms with van der Waals surface area (Å²) in [5.41, 5.74) is 0. The smallest absolute Gasteiger partial charge is 0.126 e. The molecule has 0 fully saturated rings. The lowest BCUT2D eigenvalue weighted by molar-refractivity contribution is 0.219. The van der Waals surface area contributed by atoms with E-state index in [2.05, 4.69) is 29.7 Å². The molecular formula is C24H40N2O. The van der Waals surface area contributed by atoms with E-state index >= 15 is 0 Å². The number of hydrogen-bond donors (Lipinski definition) is 0. The van der Waals surface area contributed by atoms with Crippen molar-refractivity contribution in [1.82, 2.24) is 9.80 Å². The molecule has 1 aromatic rings. The van der Waals surface area contributed by atoms with Crippen molar-refractivity contribution in [3.8, 4) is 5.75 Å². The van der Waals surface area contributed by atoms with E-state index < -0.39 is 0 Å². The lowest BCUT2D eigenvalue weighted by Gasteiger charge is -2.28. The third kappa shape index (κ3) is 9.44. The highest BCUT2D eigenvalue weighted by Gasteiger charge is 2.13. The van der Waals surface area contributed by atoms with Crippen molar-refractivity contribution < 1.29 is 4.74 Å². The first kappa shape index (κ1) is 22.0. The summed E-state index contributed by atoms with van der Waals surface area (Å²) in [4.78, 5) is 5.27. The van der Waals surface area contributed by atoms with Gasteiger partial charge in [-0.15, -0.1) is 0 Å². The Morgan fingerprint density at radius 2 is 1.56 bits per heavy atom. The van der Waals surface area contributed by atoms with Crippen molar-refractivity contribution in [2.24, 2.45) is 0 Å². The van der Waals surface area contributed by atoms with Crippen LogP contribution in [0, 0.1) is 0 Å². The Bertz CT molecular complexity index is 504. The highest BCUT2D eigenvalue weighted by atomic mass is 16.5. The molecular weight excluding hydrogens is 332 g/mol. The minimum Gasteiger partial charge on any atom is -0.462 e. The molecule has 0 saturated heterocycles. The van der Waals surface area contributed by atoms with Crippen molar-refractivity contribution in [3.05, 3.63) is 42.2 Å². The number of rotatable bonds is 14. The third-order valence-corrected chi connectivity index (χ3v) is 5.35. The van der Waals surface area contributed by atoms with E-state index in [-0.39, 0.29) is 0 Å². The summed E-state index contributed by atoms with van der Waals surface area (Å²) in [5.74, 6) is 2.07. The normalized spacial score (nSPS) is 15.1. The Hall–Kier alpha value is -1.32. The summed E-state index contributed by atoms with van der Waals surface area (Å²) in [5, 5.41) is 0. The Labute approximate surface area is 167 Å². The summed E-state index contributed by atoms with van der Waals surface area (Å²) in [6.45, 7) is 11.7. The maximum atomic E-state index is 5.98. The molecule has 27 heavy (non-hydrogen) atoms. The zero-order valence-electron chi connectivity index (χ0n) is 17.7. The quantitative estimate of drug-likeness (QED) is 0.388. The minimum absolute atomic E-state index is 0.951. The Morgan fingerprint density at radius 1 is 0.889 bits per heavy atom. The molecule has 3 heteroatoms. The topological polar surface area (TPSA) is 15.7 Å². The third-order valence-electron chi connectivity index (χ3n) is 5.35. The molecule has 3 nitrogen and oxygen atoms in total. The predicted molar refractivity (Wildman–Crippen MR) is 116 cm³/mol. The fourth-order valence-electron chi connectivity index (χ4n) is 3.65. The van der Waals surface area contributed by atoms with Gasteiger partial charge in [0, 0.05) is 19.5 Å². The fourth-order valence-corrected chi connectivity index (χ4v) is 3.65. The number of unbranched alkanes of at least 4 members (excludes halogenated alkanes) is 4.